The van der Waals surface area contributed by atoms with Gasteiger partial charge in [0.05, 0.1) is 7.11 Å². The van der Waals surface area contributed by atoms with Gasteiger partial charge in [-0.2, -0.15) is 4.52 Å². The van der Waals surface area contributed by atoms with Gasteiger partial charge in [-0.25, -0.2) is 0 Å². The molecule has 0 aliphatic rings. The Bertz CT molecular complexity index is 721. The molecular weight excluding hydrogens is 290 g/mol. The molecule has 1 amide bonds. The van der Waals surface area contributed by atoms with Gasteiger partial charge < -0.3 is 10.1 Å². The van der Waals surface area contributed by atoms with E-state index in [0.717, 1.165) is 17.7 Å². The van der Waals surface area contributed by atoms with Gasteiger partial charge in [-0.1, -0.05) is 23.5 Å². The second-order valence-electron chi connectivity index (χ2n) is 4.32. The van der Waals surface area contributed by atoms with Crippen molar-refractivity contribution >= 4 is 22.2 Å². The van der Waals surface area contributed by atoms with Gasteiger partial charge in [-0.3, -0.25) is 4.79 Å². The van der Waals surface area contributed by atoms with Crippen LogP contribution in [-0.2, 0) is 6.42 Å². The molecule has 1 N–H and O–H groups in total. The van der Waals surface area contributed by atoms with E-state index in [1.54, 1.807) is 7.11 Å². The summed E-state index contributed by atoms with van der Waals surface area (Å²) in [7, 11) is 1.63. The van der Waals surface area contributed by atoms with E-state index in [4.69, 9.17) is 4.74 Å². The average molecular weight is 303 g/mol. The number of hydrogen-bond donors (Lipinski definition) is 1. The number of benzene rings is 1. The molecule has 0 unspecified atom stereocenters. The van der Waals surface area contributed by atoms with Crippen LogP contribution in [-0.4, -0.2) is 39.4 Å². The number of aromatic nitrogens is 4. The highest BCUT2D eigenvalue weighted by Gasteiger charge is 2.12. The number of fused-ring (bicyclic) bond motifs is 1. The molecule has 0 fully saturated rings. The third kappa shape index (κ3) is 3.00. The number of hydrogen-bond acceptors (Lipinski definition) is 6. The fraction of sp³-hybridized carbons (Fsp3) is 0.231. The molecule has 8 heteroatoms. The highest BCUT2D eigenvalue weighted by Crippen LogP contribution is 2.12. The Hall–Kier alpha value is -2.48. The molecule has 2 heterocycles. The van der Waals surface area contributed by atoms with Crippen LogP contribution in [0.3, 0.4) is 0 Å². The second-order valence-corrected chi connectivity index (χ2v) is 5.28. The Morgan fingerprint density at radius 3 is 2.90 bits per heavy atom. The molecule has 0 aliphatic carbocycles. The van der Waals surface area contributed by atoms with E-state index >= 15 is 0 Å². The Morgan fingerprint density at radius 1 is 1.38 bits per heavy atom. The van der Waals surface area contributed by atoms with Crippen molar-refractivity contribution in [2.75, 3.05) is 13.7 Å². The maximum absolute atomic E-state index is 12.0. The first-order valence-corrected chi connectivity index (χ1v) is 7.16. The summed E-state index contributed by atoms with van der Waals surface area (Å²) >= 11 is 1.21. The van der Waals surface area contributed by atoms with Crippen molar-refractivity contribution in [3.8, 4) is 5.75 Å². The number of carbonyl (C=O) groups is 1. The quantitative estimate of drug-likeness (QED) is 0.765. The largest absolute Gasteiger partial charge is 0.497 e. The van der Waals surface area contributed by atoms with Gasteiger partial charge in [0, 0.05) is 6.54 Å². The van der Waals surface area contributed by atoms with Crippen LogP contribution >= 0.6 is 11.3 Å². The van der Waals surface area contributed by atoms with E-state index < -0.39 is 0 Å². The topological polar surface area (TPSA) is 81.4 Å². The van der Waals surface area contributed by atoms with Crippen molar-refractivity contribution in [1.29, 1.82) is 0 Å². The molecule has 3 rings (SSSR count). The van der Waals surface area contributed by atoms with Crippen LogP contribution in [0.15, 0.2) is 30.6 Å². The van der Waals surface area contributed by atoms with Crippen LogP contribution in [0.25, 0.3) is 4.96 Å². The number of nitrogens with zero attached hydrogens (tertiary/aromatic N) is 4. The summed E-state index contributed by atoms with van der Waals surface area (Å²) in [5.74, 6) is 0.626. The van der Waals surface area contributed by atoms with Gasteiger partial charge in [0.2, 0.25) is 9.97 Å². The maximum atomic E-state index is 12.0. The Labute approximate surface area is 124 Å². The second kappa shape index (κ2) is 5.88. The van der Waals surface area contributed by atoms with E-state index in [1.807, 2.05) is 24.3 Å². The van der Waals surface area contributed by atoms with Crippen molar-refractivity contribution < 1.29 is 9.53 Å². The van der Waals surface area contributed by atoms with E-state index in [-0.39, 0.29) is 5.91 Å². The molecule has 2 aromatic heterocycles. The first kappa shape index (κ1) is 13.5. The molecule has 0 spiro atoms. The van der Waals surface area contributed by atoms with Crippen molar-refractivity contribution in [2.24, 2.45) is 0 Å². The predicted octanol–water partition coefficient (Wildman–Crippen LogP) is 1.17. The summed E-state index contributed by atoms with van der Waals surface area (Å²) in [5.41, 5.74) is 1.13. The van der Waals surface area contributed by atoms with Gasteiger partial charge >= 0.3 is 0 Å². The zero-order valence-electron chi connectivity index (χ0n) is 11.3. The molecule has 0 radical (unpaired) electrons. The molecule has 0 atom stereocenters. The maximum Gasteiger partial charge on any atom is 0.282 e. The Balaban J connectivity index is 1.54. The Kier molecular flexibility index (Phi) is 3.78. The summed E-state index contributed by atoms with van der Waals surface area (Å²) in [6, 6.07) is 7.77. The third-order valence-corrected chi connectivity index (χ3v) is 3.85. The average Bonchev–Trinajstić information content (AvgIpc) is 3.09. The minimum Gasteiger partial charge on any atom is -0.497 e. The zero-order valence-corrected chi connectivity index (χ0v) is 12.1. The van der Waals surface area contributed by atoms with E-state index in [2.05, 4.69) is 20.6 Å². The number of carbonyl (C=O) groups excluding carboxylic acids is 1. The highest BCUT2D eigenvalue weighted by atomic mass is 32.1. The first-order valence-electron chi connectivity index (χ1n) is 6.34. The van der Waals surface area contributed by atoms with Crippen molar-refractivity contribution in [2.45, 2.75) is 6.42 Å². The monoisotopic (exact) mass is 303 g/mol. The third-order valence-electron chi connectivity index (χ3n) is 2.94. The summed E-state index contributed by atoms with van der Waals surface area (Å²) in [6.45, 7) is 0.547. The molecule has 0 saturated heterocycles. The van der Waals surface area contributed by atoms with Crippen molar-refractivity contribution in [1.82, 2.24) is 25.1 Å². The standard InChI is InChI=1S/C13H13N5O2S/c1-20-10-4-2-9(3-5-10)6-7-14-11(19)12-17-18-8-15-16-13(18)21-12/h2-5,8H,6-7H2,1H3,(H,14,19). The Morgan fingerprint density at radius 2 is 2.19 bits per heavy atom. The van der Waals surface area contributed by atoms with Crippen molar-refractivity contribution in [3.05, 3.63) is 41.2 Å². The van der Waals surface area contributed by atoms with Crippen LogP contribution in [0.2, 0.25) is 0 Å². The normalized spacial score (nSPS) is 10.7. The van der Waals surface area contributed by atoms with Crippen molar-refractivity contribution in [3.63, 3.8) is 0 Å². The lowest BCUT2D eigenvalue weighted by Crippen LogP contribution is -2.25. The van der Waals surface area contributed by atoms with Gasteiger partial charge in [-0.05, 0) is 24.1 Å². The van der Waals surface area contributed by atoms with Gasteiger partial charge in [-0.15, -0.1) is 15.3 Å². The molecular formula is C13H13N5O2S. The first-order chi connectivity index (χ1) is 10.3. The van der Waals surface area contributed by atoms with Gasteiger partial charge in [0.1, 0.15) is 12.1 Å². The van der Waals surface area contributed by atoms with Crippen LogP contribution in [0.4, 0.5) is 0 Å². The van der Waals surface area contributed by atoms with Gasteiger partial charge in [0.25, 0.3) is 5.91 Å². The fourth-order valence-electron chi connectivity index (χ4n) is 1.84. The van der Waals surface area contributed by atoms with E-state index in [1.165, 1.54) is 22.2 Å². The minimum atomic E-state index is -0.195. The molecule has 3 aromatic rings. The fourth-order valence-corrected chi connectivity index (χ4v) is 2.58. The number of ether oxygens (including phenoxy) is 1. The molecule has 7 nitrogen and oxygen atoms in total. The zero-order chi connectivity index (χ0) is 14.7. The smallest absolute Gasteiger partial charge is 0.282 e. The molecule has 21 heavy (non-hydrogen) atoms. The molecule has 0 saturated carbocycles. The summed E-state index contributed by atoms with van der Waals surface area (Å²) in [5, 5.41) is 14.9. The molecule has 0 aliphatic heterocycles. The lowest BCUT2D eigenvalue weighted by Gasteiger charge is -2.04. The number of methoxy groups -OCH3 is 1. The SMILES string of the molecule is COc1ccc(CCNC(=O)c2nn3cnnc3s2)cc1. The molecule has 0 bridgehead atoms. The molecule has 1 aromatic carbocycles. The summed E-state index contributed by atoms with van der Waals surface area (Å²) in [4.78, 5) is 12.6. The van der Waals surface area contributed by atoms with E-state index in [0.29, 0.717) is 16.5 Å². The number of rotatable bonds is 5. The predicted molar refractivity (Wildman–Crippen MR) is 77.7 cm³/mol. The number of nitrogens with one attached hydrogen (secondary N) is 1. The van der Waals surface area contributed by atoms with Crippen LogP contribution in [0.1, 0.15) is 15.4 Å². The van der Waals surface area contributed by atoms with Crippen LogP contribution < -0.4 is 10.1 Å². The highest BCUT2D eigenvalue weighted by molar-refractivity contribution is 7.18. The van der Waals surface area contributed by atoms with Gasteiger partial charge in [0.15, 0.2) is 0 Å². The minimum absolute atomic E-state index is 0.195. The lowest BCUT2D eigenvalue weighted by atomic mass is 10.1. The lowest BCUT2D eigenvalue weighted by molar-refractivity contribution is 0.0952. The van der Waals surface area contributed by atoms with Crippen LogP contribution in [0.5, 0.6) is 5.75 Å². The number of amides is 1. The van der Waals surface area contributed by atoms with E-state index in [9.17, 15) is 4.79 Å². The summed E-state index contributed by atoms with van der Waals surface area (Å²) in [6.07, 6.45) is 2.22. The molecule has 108 valence electrons. The van der Waals surface area contributed by atoms with Crippen LogP contribution in [0, 0.1) is 0 Å². The summed E-state index contributed by atoms with van der Waals surface area (Å²) < 4.78 is 6.59.